The second kappa shape index (κ2) is 6.45. The highest BCUT2D eigenvalue weighted by Crippen LogP contribution is 2.23. The van der Waals surface area contributed by atoms with Crippen molar-refractivity contribution in [1.82, 2.24) is 9.36 Å². The van der Waals surface area contributed by atoms with E-state index in [1.54, 1.807) is 6.92 Å². The van der Waals surface area contributed by atoms with Gasteiger partial charge in [-0.15, -0.1) is 10.3 Å². The fourth-order valence-electron chi connectivity index (χ4n) is 1.82. The normalized spacial score (nSPS) is 15.9. The minimum Gasteiger partial charge on any atom is -0.450 e. The van der Waals surface area contributed by atoms with Gasteiger partial charge in [0.1, 0.15) is 0 Å². The number of ether oxygens (including phenoxy) is 1. The van der Waals surface area contributed by atoms with Crippen LogP contribution < -0.4 is 9.64 Å². The third-order valence-corrected chi connectivity index (χ3v) is 3.48. The summed E-state index contributed by atoms with van der Waals surface area (Å²) in [4.78, 5) is 6.70. The summed E-state index contributed by atoms with van der Waals surface area (Å²) in [5.74, 6) is 5.61. The van der Waals surface area contributed by atoms with Gasteiger partial charge in [-0.1, -0.05) is 18.8 Å². The third-order valence-electron chi connectivity index (χ3n) is 2.72. The molecule has 2 heterocycles. The standard InChI is InChI=1S/C12H17N3OS/c1-2-3-10-16-11-13-12(17-14-11)15-8-6-4-5-7-9-15/h4-10H2,1H3. The van der Waals surface area contributed by atoms with Gasteiger partial charge >= 0.3 is 6.01 Å². The summed E-state index contributed by atoms with van der Waals surface area (Å²) in [6.45, 7) is 4.33. The largest absolute Gasteiger partial charge is 0.450 e. The molecule has 1 aromatic heterocycles. The number of hydrogen-bond donors (Lipinski definition) is 0. The minimum absolute atomic E-state index is 0.368. The molecule has 0 N–H and O–H groups in total. The summed E-state index contributed by atoms with van der Waals surface area (Å²) in [5.41, 5.74) is 0. The van der Waals surface area contributed by atoms with Crippen molar-refractivity contribution in [3.05, 3.63) is 0 Å². The van der Waals surface area contributed by atoms with Gasteiger partial charge in [-0.05, 0) is 19.8 Å². The van der Waals surface area contributed by atoms with Crippen molar-refractivity contribution >= 4 is 16.7 Å². The van der Waals surface area contributed by atoms with Crippen molar-refractivity contribution in [3.63, 3.8) is 0 Å². The van der Waals surface area contributed by atoms with Crippen LogP contribution in [0.4, 0.5) is 5.13 Å². The highest BCUT2D eigenvalue weighted by molar-refractivity contribution is 7.09. The van der Waals surface area contributed by atoms with Crippen LogP contribution in [0.25, 0.3) is 0 Å². The molecular formula is C12H17N3OS. The molecule has 0 radical (unpaired) electrons. The fraction of sp³-hybridized carbons (Fsp3) is 0.667. The topological polar surface area (TPSA) is 38.2 Å². The number of hydrogen-bond acceptors (Lipinski definition) is 5. The smallest absolute Gasteiger partial charge is 0.331 e. The van der Waals surface area contributed by atoms with E-state index in [4.69, 9.17) is 4.74 Å². The molecular weight excluding hydrogens is 234 g/mol. The molecule has 1 saturated heterocycles. The predicted octanol–water partition coefficient (Wildman–Crippen LogP) is 2.32. The Hall–Kier alpha value is -1.28. The van der Waals surface area contributed by atoms with Crippen molar-refractivity contribution in [2.24, 2.45) is 0 Å². The minimum atomic E-state index is 0.368. The van der Waals surface area contributed by atoms with Gasteiger partial charge in [0.25, 0.3) is 0 Å². The van der Waals surface area contributed by atoms with Crippen LogP contribution in [0.5, 0.6) is 6.01 Å². The van der Waals surface area contributed by atoms with Crippen LogP contribution in [0.3, 0.4) is 0 Å². The average Bonchev–Trinajstić information content (AvgIpc) is 2.64. The first kappa shape index (κ1) is 12.2. The molecule has 0 unspecified atom stereocenters. The Labute approximate surface area is 106 Å². The molecule has 2 rings (SSSR count). The first-order chi connectivity index (χ1) is 8.40. The molecule has 5 heteroatoms. The lowest BCUT2D eigenvalue weighted by Gasteiger charge is -2.17. The van der Waals surface area contributed by atoms with E-state index in [-0.39, 0.29) is 0 Å². The van der Waals surface area contributed by atoms with Crippen LogP contribution >= 0.6 is 11.5 Å². The van der Waals surface area contributed by atoms with Crippen molar-refractivity contribution < 1.29 is 4.74 Å². The van der Waals surface area contributed by atoms with Crippen LogP contribution in [0.2, 0.25) is 0 Å². The first-order valence-electron chi connectivity index (χ1n) is 6.01. The summed E-state index contributed by atoms with van der Waals surface area (Å²) < 4.78 is 9.53. The SMILES string of the molecule is CC#CCOc1nsc(N2CCCCCC2)n1. The van der Waals surface area contributed by atoms with Gasteiger partial charge in [-0.25, -0.2) is 0 Å². The zero-order chi connectivity index (χ0) is 11.9. The lowest BCUT2D eigenvalue weighted by Crippen LogP contribution is -2.23. The van der Waals surface area contributed by atoms with Gasteiger partial charge in [0, 0.05) is 24.6 Å². The Morgan fingerprint density at radius 3 is 2.76 bits per heavy atom. The third kappa shape index (κ3) is 3.60. The predicted molar refractivity (Wildman–Crippen MR) is 69.5 cm³/mol. The molecule has 0 bridgehead atoms. The Morgan fingerprint density at radius 2 is 2.06 bits per heavy atom. The molecule has 0 aliphatic carbocycles. The molecule has 0 atom stereocenters. The van der Waals surface area contributed by atoms with E-state index < -0.39 is 0 Å². The molecule has 17 heavy (non-hydrogen) atoms. The molecule has 1 fully saturated rings. The van der Waals surface area contributed by atoms with E-state index >= 15 is 0 Å². The van der Waals surface area contributed by atoms with Crippen LogP contribution in [-0.2, 0) is 0 Å². The molecule has 1 aliphatic heterocycles. The molecule has 1 aromatic rings. The van der Waals surface area contributed by atoms with E-state index in [2.05, 4.69) is 26.1 Å². The molecule has 0 aromatic carbocycles. The van der Waals surface area contributed by atoms with Gasteiger partial charge in [0.2, 0.25) is 5.13 Å². The highest BCUT2D eigenvalue weighted by atomic mass is 32.1. The molecule has 0 amide bonds. The van der Waals surface area contributed by atoms with Gasteiger partial charge in [-0.2, -0.15) is 4.98 Å². The maximum absolute atomic E-state index is 5.34. The zero-order valence-corrected chi connectivity index (χ0v) is 10.9. The highest BCUT2D eigenvalue weighted by Gasteiger charge is 2.14. The lowest BCUT2D eigenvalue weighted by atomic mass is 10.2. The van der Waals surface area contributed by atoms with Gasteiger partial charge in [0.15, 0.2) is 6.61 Å². The quantitative estimate of drug-likeness (QED) is 0.773. The lowest BCUT2D eigenvalue weighted by molar-refractivity contribution is 0.345. The Morgan fingerprint density at radius 1 is 1.29 bits per heavy atom. The fourth-order valence-corrected chi connectivity index (χ4v) is 2.49. The monoisotopic (exact) mass is 251 g/mol. The second-order valence-corrected chi connectivity index (χ2v) is 4.71. The van der Waals surface area contributed by atoms with Crippen molar-refractivity contribution in [1.29, 1.82) is 0 Å². The summed E-state index contributed by atoms with van der Waals surface area (Å²) in [6.07, 6.45) is 5.14. The van der Waals surface area contributed by atoms with Crippen LogP contribution in [0.15, 0.2) is 0 Å². The molecule has 0 saturated carbocycles. The van der Waals surface area contributed by atoms with E-state index in [1.165, 1.54) is 37.2 Å². The second-order valence-electron chi connectivity index (χ2n) is 3.98. The summed E-state index contributed by atoms with van der Waals surface area (Å²) in [6, 6.07) is 0.456. The Balaban J connectivity index is 1.93. The number of nitrogens with zero attached hydrogens (tertiary/aromatic N) is 3. The molecule has 4 nitrogen and oxygen atoms in total. The van der Waals surface area contributed by atoms with Crippen molar-refractivity contribution in [2.45, 2.75) is 32.6 Å². The first-order valence-corrected chi connectivity index (χ1v) is 6.78. The number of anilines is 1. The number of aromatic nitrogens is 2. The van der Waals surface area contributed by atoms with Gasteiger partial charge < -0.3 is 9.64 Å². The van der Waals surface area contributed by atoms with E-state index in [9.17, 15) is 0 Å². The summed E-state index contributed by atoms with van der Waals surface area (Å²) in [5, 5.41) is 0.978. The maximum atomic E-state index is 5.34. The molecule has 0 spiro atoms. The van der Waals surface area contributed by atoms with E-state index in [1.807, 2.05) is 0 Å². The Bertz CT molecular complexity index is 399. The summed E-state index contributed by atoms with van der Waals surface area (Å²) >= 11 is 1.41. The van der Waals surface area contributed by atoms with Gasteiger partial charge in [-0.3, -0.25) is 0 Å². The van der Waals surface area contributed by atoms with Crippen LogP contribution in [-0.4, -0.2) is 29.1 Å². The van der Waals surface area contributed by atoms with Crippen molar-refractivity contribution in [2.75, 3.05) is 24.6 Å². The summed E-state index contributed by atoms with van der Waals surface area (Å²) in [7, 11) is 0. The van der Waals surface area contributed by atoms with E-state index in [0.29, 0.717) is 12.6 Å². The average molecular weight is 251 g/mol. The van der Waals surface area contributed by atoms with Crippen LogP contribution in [0.1, 0.15) is 32.6 Å². The van der Waals surface area contributed by atoms with Crippen LogP contribution in [0, 0.1) is 11.8 Å². The molecule has 92 valence electrons. The number of rotatable bonds is 3. The maximum Gasteiger partial charge on any atom is 0.331 e. The van der Waals surface area contributed by atoms with Gasteiger partial charge in [0.05, 0.1) is 0 Å². The van der Waals surface area contributed by atoms with E-state index in [0.717, 1.165) is 18.2 Å². The Kier molecular flexibility index (Phi) is 4.63. The molecule has 1 aliphatic rings. The zero-order valence-electron chi connectivity index (χ0n) is 10.1. The van der Waals surface area contributed by atoms with Crippen molar-refractivity contribution in [3.8, 4) is 17.9 Å².